The van der Waals surface area contributed by atoms with Crippen molar-refractivity contribution in [1.82, 2.24) is 9.38 Å². The first-order valence-electron chi connectivity index (χ1n) is 7.57. The molecule has 8 heteroatoms. The number of thiazole rings is 1. The van der Waals surface area contributed by atoms with Gasteiger partial charge in [-0.3, -0.25) is 9.20 Å². The van der Waals surface area contributed by atoms with Crippen molar-refractivity contribution in [2.75, 3.05) is 19.0 Å². The van der Waals surface area contributed by atoms with Crippen molar-refractivity contribution in [2.45, 2.75) is 13.5 Å². The first-order valence-corrected chi connectivity index (χ1v) is 8.44. The minimum Gasteiger partial charge on any atom is -0.482 e. The maximum atomic E-state index is 12.0. The molecule has 0 spiro atoms. The fraction of sp³-hybridized carbons (Fsp3) is 0.235. The number of esters is 1. The van der Waals surface area contributed by atoms with Crippen molar-refractivity contribution < 1.29 is 14.3 Å². The van der Waals surface area contributed by atoms with E-state index in [0.717, 1.165) is 11.3 Å². The lowest BCUT2D eigenvalue weighted by Crippen LogP contribution is -2.15. The molecule has 0 saturated carbocycles. The second-order valence-electron chi connectivity index (χ2n) is 5.34. The molecule has 0 aliphatic heterocycles. The lowest BCUT2D eigenvalue weighted by Gasteiger charge is -2.11. The average molecular weight is 359 g/mol. The SMILES string of the molecule is COC(=O)COc1ccc(NCc2cc(=O)n3ccsc3n2)c(C)c1. The Balaban J connectivity index is 1.68. The second-order valence-corrected chi connectivity index (χ2v) is 6.21. The van der Waals surface area contributed by atoms with Crippen LogP contribution in [-0.4, -0.2) is 29.1 Å². The molecule has 130 valence electrons. The van der Waals surface area contributed by atoms with Gasteiger partial charge < -0.3 is 14.8 Å². The van der Waals surface area contributed by atoms with Crippen LogP contribution < -0.4 is 15.6 Å². The van der Waals surface area contributed by atoms with Crippen LogP contribution in [0, 0.1) is 6.92 Å². The molecule has 2 heterocycles. The van der Waals surface area contributed by atoms with E-state index in [4.69, 9.17) is 4.74 Å². The second kappa shape index (κ2) is 7.35. The van der Waals surface area contributed by atoms with Crippen LogP contribution in [0.3, 0.4) is 0 Å². The molecule has 1 aromatic carbocycles. The number of nitrogens with one attached hydrogen (secondary N) is 1. The first-order chi connectivity index (χ1) is 12.1. The lowest BCUT2D eigenvalue weighted by atomic mass is 10.2. The summed E-state index contributed by atoms with van der Waals surface area (Å²) in [4.78, 5) is 28.2. The zero-order valence-electron chi connectivity index (χ0n) is 13.8. The number of rotatable bonds is 6. The fourth-order valence-corrected chi connectivity index (χ4v) is 3.03. The van der Waals surface area contributed by atoms with Gasteiger partial charge in [-0.25, -0.2) is 9.78 Å². The van der Waals surface area contributed by atoms with Crippen LogP contribution in [0.1, 0.15) is 11.3 Å². The number of anilines is 1. The predicted octanol–water partition coefficient (Wildman–Crippen LogP) is 2.23. The largest absolute Gasteiger partial charge is 0.482 e. The predicted molar refractivity (Wildman–Crippen MR) is 95.4 cm³/mol. The number of hydrogen-bond donors (Lipinski definition) is 1. The number of fused-ring (bicyclic) bond motifs is 1. The Labute approximate surface area is 147 Å². The zero-order chi connectivity index (χ0) is 17.8. The minimum atomic E-state index is -0.429. The van der Waals surface area contributed by atoms with Crippen molar-refractivity contribution in [1.29, 1.82) is 0 Å². The summed E-state index contributed by atoms with van der Waals surface area (Å²) in [6, 6.07) is 6.98. The van der Waals surface area contributed by atoms with Crippen molar-refractivity contribution in [2.24, 2.45) is 0 Å². The molecule has 7 nitrogen and oxygen atoms in total. The summed E-state index contributed by atoms with van der Waals surface area (Å²) in [5, 5.41) is 5.09. The number of aryl methyl sites for hydroxylation is 1. The smallest absolute Gasteiger partial charge is 0.343 e. The Kier molecular flexibility index (Phi) is 4.99. The molecule has 0 aliphatic carbocycles. The molecule has 0 amide bonds. The number of hydrogen-bond acceptors (Lipinski definition) is 7. The number of nitrogens with zero attached hydrogens (tertiary/aromatic N) is 2. The van der Waals surface area contributed by atoms with Gasteiger partial charge >= 0.3 is 5.97 Å². The molecule has 0 saturated heterocycles. The van der Waals surface area contributed by atoms with E-state index in [1.165, 1.54) is 28.9 Å². The van der Waals surface area contributed by atoms with Gasteiger partial charge in [0.05, 0.1) is 19.3 Å². The van der Waals surface area contributed by atoms with Gasteiger partial charge in [-0.1, -0.05) is 0 Å². The maximum Gasteiger partial charge on any atom is 0.343 e. The summed E-state index contributed by atoms with van der Waals surface area (Å²) >= 11 is 1.42. The lowest BCUT2D eigenvalue weighted by molar-refractivity contribution is -0.142. The molecule has 3 rings (SSSR count). The summed E-state index contributed by atoms with van der Waals surface area (Å²) in [5.74, 6) is 0.158. The van der Waals surface area contributed by atoms with Crippen LogP contribution in [0.15, 0.2) is 40.6 Å². The number of methoxy groups -OCH3 is 1. The van der Waals surface area contributed by atoms with Crippen molar-refractivity contribution in [3.63, 3.8) is 0 Å². The van der Waals surface area contributed by atoms with E-state index in [1.807, 2.05) is 24.4 Å². The minimum absolute atomic E-state index is 0.0914. The number of ether oxygens (including phenoxy) is 2. The number of carbonyl (C=O) groups is 1. The molecule has 0 unspecified atom stereocenters. The molecule has 0 atom stereocenters. The molecule has 25 heavy (non-hydrogen) atoms. The van der Waals surface area contributed by atoms with E-state index in [2.05, 4.69) is 15.0 Å². The highest BCUT2D eigenvalue weighted by molar-refractivity contribution is 7.15. The molecule has 0 bridgehead atoms. The van der Waals surface area contributed by atoms with E-state index >= 15 is 0 Å². The Morgan fingerprint density at radius 2 is 2.20 bits per heavy atom. The summed E-state index contributed by atoms with van der Waals surface area (Å²) in [7, 11) is 1.32. The number of carbonyl (C=O) groups excluding carboxylic acids is 1. The molecule has 0 radical (unpaired) electrons. The third-order valence-electron chi connectivity index (χ3n) is 3.60. The Bertz CT molecular complexity index is 964. The standard InChI is InChI=1S/C17H17N3O4S/c1-11-7-13(24-10-16(22)23-2)3-4-14(11)18-9-12-8-15(21)20-5-6-25-17(20)19-12/h3-8,18H,9-10H2,1-2H3. The molecular weight excluding hydrogens is 342 g/mol. The highest BCUT2D eigenvalue weighted by atomic mass is 32.1. The van der Waals surface area contributed by atoms with Gasteiger partial charge in [0, 0.05) is 23.3 Å². The summed E-state index contributed by atoms with van der Waals surface area (Å²) < 4.78 is 11.4. The van der Waals surface area contributed by atoms with Crippen LogP contribution >= 0.6 is 11.3 Å². The van der Waals surface area contributed by atoms with Gasteiger partial charge in [0.15, 0.2) is 11.6 Å². The van der Waals surface area contributed by atoms with Crippen LogP contribution in [-0.2, 0) is 16.1 Å². The third kappa shape index (κ3) is 3.97. The van der Waals surface area contributed by atoms with Gasteiger partial charge in [-0.15, -0.1) is 11.3 Å². The zero-order valence-corrected chi connectivity index (χ0v) is 14.6. The quantitative estimate of drug-likeness (QED) is 0.680. The molecule has 2 aromatic heterocycles. The van der Waals surface area contributed by atoms with Gasteiger partial charge in [0.25, 0.3) is 5.56 Å². The molecule has 1 N–H and O–H groups in total. The van der Waals surface area contributed by atoms with E-state index < -0.39 is 5.97 Å². The third-order valence-corrected chi connectivity index (χ3v) is 4.36. The maximum absolute atomic E-state index is 12.0. The van der Waals surface area contributed by atoms with E-state index in [0.29, 0.717) is 22.9 Å². The number of benzene rings is 1. The molecule has 3 aromatic rings. The van der Waals surface area contributed by atoms with E-state index in [9.17, 15) is 9.59 Å². The van der Waals surface area contributed by atoms with Gasteiger partial charge in [0.1, 0.15) is 5.75 Å². The van der Waals surface area contributed by atoms with Crippen LogP contribution in [0.5, 0.6) is 5.75 Å². The Hall–Kier alpha value is -2.87. The Morgan fingerprint density at radius 1 is 1.36 bits per heavy atom. The van der Waals surface area contributed by atoms with Gasteiger partial charge in [-0.2, -0.15) is 0 Å². The summed E-state index contributed by atoms with van der Waals surface area (Å²) in [5.41, 5.74) is 2.44. The topological polar surface area (TPSA) is 81.9 Å². The van der Waals surface area contributed by atoms with Crippen LogP contribution in [0.2, 0.25) is 0 Å². The van der Waals surface area contributed by atoms with Crippen LogP contribution in [0.25, 0.3) is 4.96 Å². The normalized spacial score (nSPS) is 10.6. The monoisotopic (exact) mass is 359 g/mol. The van der Waals surface area contributed by atoms with E-state index in [1.54, 1.807) is 12.3 Å². The van der Waals surface area contributed by atoms with Gasteiger partial charge in [0.2, 0.25) is 0 Å². The van der Waals surface area contributed by atoms with E-state index in [-0.39, 0.29) is 12.2 Å². The summed E-state index contributed by atoms with van der Waals surface area (Å²) in [6.07, 6.45) is 1.71. The van der Waals surface area contributed by atoms with Crippen LogP contribution in [0.4, 0.5) is 5.69 Å². The Morgan fingerprint density at radius 3 is 2.96 bits per heavy atom. The highest BCUT2D eigenvalue weighted by Crippen LogP contribution is 2.22. The average Bonchev–Trinajstić information content (AvgIpc) is 3.08. The molecular formula is C17H17N3O4S. The molecule has 0 aliphatic rings. The van der Waals surface area contributed by atoms with Crippen molar-refractivity contribution in [3.8, 4) is 5.75 Å². The van der Waals surface area contributed by atoms with Crippen molar-refractivity contribution in [3.05, 3.63) is 57.5 Å². The molecule has 0 fully saturated rings. The highest BCUT2D eigenvalue weighted by Gasteiger charge is 2.06. The fourth-order valence-electron chi connectivity index (χ4n) is 2.29. The summed E-state index contributed by atoms with van der Waals surface area (Å²) in [6.45, 7) is 2.24. The first kappa shape index (κ1) is 17.0. The van der Waals surface area contributed by atoms with Gasteiger partial charge in [-0.05, 0) is 30.7 Å². The number of aromatic nitrogens is 2. The van der Waals surface area contributed by atoms with Crippen molar-refractivity contribution >= 4 is 28.0 Å².